The lowest BCUT2D eigenvalue weighted by molar-refractivity contribution is -0.162. The summed E-state index contributed by atoms with van der Waals surface area (Å²) in [6.07, 6.45) is -8.70. The van der Waals surface area contributed by atoms with E-state index in [1.165, 1.54) is 18.4 Å². The molecule has 3 rings (SSSR count). The molecule has 0 bridgehead atoms. The molecule has 1 heterocycles. The monoisotopic (exact) mass is 356 g/mol. The smallest absolute Gasteiger partial charge is 0.417 e. The summed E-state index contributed by atoms with van der Waals surface area (Å²) in [5, 5.41) is 0. The predicted molar refractivity (Wildman–Crippen MR) is 79.6 cm³/mol. The highest BCUT2D eigenvalue weighted by atomic mass is 19.4. The highest BCUT2D eigenvalue weighted by molar-refractivity contribution is 5.69. The van der Waals surface area contributed by atoms with Crippen LogP contribution in [0, 0.1) is 0 Å². The highest BCUT2D eigenvalue weighted by Crippen LogP contribution is 2.42. The number of halogens is 6. The van der Waals surface area contributed by atoms with Gasteiger partial charge in [0, 0.05) is 5.56 Å². The standard InChI is InChI=1S/C18H10F6O/c19-17(20,21)14-8-7-13(10-15(14)18(22,23)24)11-3-5-12(6-4-11)16-2-1-9-25-16/h1-10H. The van der Waals surface area contributed by atoms with E-state index < -0.39 is 23.5 Å². The third-order valence-electron chi connectivity index (χ3n) is 3.65. The molecule has 0 spiro atoms. The molecule has 1 aromatic heterocycles. The van der Waals surface area contributed by atoms with Gasteiger partial charge in [-0.2, -0.15) is 26.3 Å². The molecule has 0 saturated carbocycles. The van der Waals surface area contributed by atoms with Crippen LogP contribution in [0.2, 0.25) is 0 Å². The SMILES string of the molecule is FC(F)(F)c1ccc(-c2ccc(-c3ccco3)cc2)cc1C(F)(F)F. The van der Waals surface area contributed by atoms with Crippen LogP contribution in [-0.4, -0.2) is 0 Å². The molecule has 0 amide bonds. The Balaban J connectivity index is 2.03. The first-order valence-electron chi connectivity index (χ1n) is 7.09. The average molecular weight is 356 g/mol. The Hall–Kier alpha value is -2.70. The minimum absolute atomic E-state index is 0.0475. The van der Waals surface area contributed by atoms with Gasteiger partial charge in [-0.05, 0) is 35.4 Å². The van der Waals surface area contributed by atoms with Gasteiger partial charge in [-0.3, -0.25) is 0 Å². The Morgan fingerprint density at radius 3 is 1.68 bits per heavy atom. The molecular formula is C18H10F6O. The number of alkyl halides is 6. The molecule has 0 unspecified atom stereocenters. The molecular weight excluding hydrogens is 346 g/mol. The minimum atomic E-state index is -5.10. The number of hydrogen-bond donors (Lipinski definition) is 0. The molecule has 0 N–H and O–H groups in total. The largest absolute Gasteiger partial charge is 0.464 e. The summed E-state index contributed by atoms with van der Waals surface area (Å²) in [6, 6.07) is 11.7. The molecule has 25 heavy (non-hydrogen) atoms. The van der Waals surface area contributed by atoms with Gasteiger partial charge in [-0.25, -0.2) is 0 Å². The van der Waals surface area contributed by atoms with Gasteiger partial charge in [0.15, 0.2) is 0 Å². The van der Waals surface area contributed by atoms with Crippen LogP contribution in [0.15, 0.2) is 65.3 Å². The third kappa shape index (κ3) is 3.55. The summed E-state index contributed by atoms with van der Waals surface area (Å²) >= 11 is 0. The molecule has 0 atom stereocenters. The van der Waals surface area contributed by atoms with Gasteiger partial charge < -0.3 is 4.42 Å². The second kappa shape index (κ2) is 5.98. The van der Waals surface area contributed by atoms with E-state index in [0.29, 0.717) is 29.0 Å². The van der Waals surface area contributed by atoms with Gasteiger partial charge in [-0.15, -0.1) is 0 Å². The second-order valence-electron chi connectivity index (χ2n) is 5.31. The fraction of sp³-hybridized carbons (Fsp3) is 0.111. The Labute approximate surface area is 138 Å². The Morgan fingerprint density at radius 2 is 1.16 bits per heavy atom. The Bertz CT molecular complexity index is 858. The van der Waals surface area contributed by atoms with Gasteiger partial charge in [0.2, 0.25) is 0 Å². The average Bonchev–Trinajstić information content (AvgIpc) is 3.07. The maximum absolute atomic E-state index is 13.0. The maximum atomic E-state index is 13.0. The van der Waals surface area contributed by atoms with E-state index in [-0.39, 0.29) is 5.56 Å². The van der Waals surface area contributed by atoms with Crippen LogP contribution in [0.3, 0.4) is 0 Å². The zero-order valence-corrected chi connectivity index (χ0v) is 12.4. The van der Waals surface area contributed by atoms with Gasteiger partial charge in [0.25, 0.3) is 0 Å². The number of rotatable bonds is 2. The molecule has 0 aliphatic heterocycles. The minimum Gasteiger partial charge on any atom is -0.464 e. The lowest BCUT2D eigenvalue weighted by atomic mass is 9.97. The van der Waals surface area contributed by atoms with E-state index >= 15 is 0 Å². The molecule has 130 valence electrons. The lowest BCUT2D eigenvalue weighted by Crippen LogP contribution is -2.16. The van der Waals surface area contributed by atoms with Gasteiger partial charge >= 0.3 is 12.4 Å². The fourth-order valence-corrected chi connectivity index (χ4v) is 2.48. The van der Waals surface area contributed by atoms with Gasteiger partial charge in [0.1, 0.15) is 5.76 Å². The zero-order chi connectivity index (χ0) is 18.2. The van der Waals surface area contributed by atoms with Crippen molar-refractivity contribution in [2.45, 2.75) is 12.4 Å². The second-order valence-corrected chi connectivity index (χ2v) is 5.31. The van der Waals surface area contributed by atoms with Crippen LogP contribution in [0.4, 0.5) is 26.3 Å². The molecule has 0 saturated heterocycles. The fourth-order valence-electron chi connectivity index (χ4n) is 2.48. The molecule has 2 aromatic carbocycles. The Kier molecular flexibility index (Phi) is 4.10. The molecule has 1 nitrogen and oxygen atoms in total. The molecule has 0 fully saturated rings. The predicted octanol–water partition coefficient (Wildman–Crippen LogP) is 6.65. The van der Waals surface area contributed by atoms with Gasteiger partial charge in [-0.1, -0.05) is 30.3 Å². The number of furan rings is 1. The molecule has 0 aliphatic rings. The normalized spacial score (nSPS) is 12.4. The van der Waals surface area contributed by atoms with E-state index in [0.717, 1.165) is 6.07 Å². The van der Waals surface area contributed by atoms with E-state index in [1.54, 1.807) is 24.3 Å². The van der Waals surface area contributed by atoms with E-state index in [1.807, 2.05) is 0 Å². The van der Waals surface area contributed by atoms with Crippen molar-refractivity contribution in [2.75, 3.05) is 0 Å². The van der Waals surface area contributed by atoms with Crippen molar-refractivity contribution < 1.29 is 30.8 Å². The number of benzene rings is 2. The first-order chi connectivity index (χ1) is 11.7. The first kappa shape index (κ1) is 17.1. The first-order valence-corrected chi connectivity index (χ1v) is 7.09. The van der Waals surface area contributed by atoms with Crippen molar-refractivity contribution in [3.8, 4) is 22.5 Å². The van der Waals surface area contributed by atoms with Crippen LogP contribution in [0.1, 0.15) is 11.1 Å². The molecule has 7 heteroatoms. The highest BCUT2D eigenvalue weighted by Gasteiger charge is 2.43. The third-order valence-corrected chi connectivity index (χ3v) is 3.65. The van der Waals surface area contributed by atoms with E-state index in [2.05, 4.69) is 0 Å². The Morgan fingerprint density at radius 1 is 0.600 bits per heavy atom. The van der Waals surface area contributed by atoms with Crippen LogP contribution in [-0.2, 0) is 12.4 Å². The van der Waals surface area contributed by atoms with E-state index in [9.17, 15) is 26.3 Å². The van der Waals surface area contributed by atoms with Crippen molar-refractivity contribution in [1.82, 2.24) is 0 Å². The van der Waals surface area contributed by atoms with Crippen molar-refractivity contribution in [3.63, 3.8) is 0 Å². The summed E-state index contributed by atoms with van der Waals surface area (Å²) in [5.74, 6) is 0.579. The van der Waals surface area contributed by atoms with Crippen LogP contribution in [0.5, 0.6) is 0 Å². The van der Waals surface area contributed by atoms with E-state index in [4.69, 9.17) is 4.42 Å². The van der Waals surface area contributed by atoms with Crippen molar-refractivity contribution >= 4 is 0 Å². The quantitative estimate of drug-likeness (QED) is 0.469. The summed E-state index contributed by atoms with van der Waals surface area (Å²) in [6.45, 7) is 0. The summed E-state index contributed by atoms with van der Waals surface area (Å²) in [7, 11) is 0. The maximum Gasteiger partial charge on any atom is 0.417 e. The summed E-state index contributed by atoms with van der Waals surface area (Å²) in [4.78, 5) is 0. The van der Waals surface area contributed by atoms with Gasteiger partial charge in [0.05, 0.1) is 17.4 Å². The van der Waals surface area contributed by atoms with Crippen LogP contribution < -0.4 is 0 Å². The molecule has 0 radical (unpaired) electrons. The lowest BCUT2D eigenvalue weighted by Gasteiger charge is -2.16. The summed E-state index contributed by atoms with van der Waals surface area (Å²) < 4.78 is 82.7. The molecule has 0 aliphatic carbocycles. The van der Waals surface area contributed by atoms with Crippen molar-refractivity contribution in [3.05, 3.63) is 72.0 Å². The van der Waals surface area contributed by atoms with Crippen molar-refractivity contribution in [2.24, 2.45) is 0 Å². The van der Waals surface area contributed by atoms with Crippen LogP contribution in [0.25, 0.3) is 22.5 Å². The summed E-state index contributed by atoms with van der Waals surface area (Å²) in [5.41, 5.74) is -2.28. The topological polar surface area (TPSA) is 13.1 Å². The molecule has 3 aromatic rings. The number of hydrogen-bond acceptors (Lipinski definition) is 1. The van der Waals surface area contributed by atoms with Crippen molar-refractivity contribution in [1.29, 1.82) is 0 Å². The zero-order valence-electron chi connectivity index (χ0n) is 12.4. The van der Waals surface area contributed by atoms with Crippen LogP contribution >= 0.6 is 0 Å².